The third-order valence-electron chi connectivity index (χ3n) is 4.00. The highest BCUT2D eigenvalue weighted by atomic mass is 28.3. The van der Waals surface area contributed by atoms with Crippen LogP contribution in [0.15, 0.2) is 27.4 Å². The Morgan fingerprint density at radius 2 is 1.83 bits per heavy atom. The predicted molar refractivity (Wildman–Crippen MR) is 110 cm³/mol. The molecule has 0 fully saturated rings. The Bertz CT molecular complexity index is 593. The number of nitrogens with two attached hydrogens (primary N) is 1. The fourth-order valence-electron chi connectivity index (χ4n) is 1.23. The lowest BCUT2D eigenvalue weighted by Gasteiger charge is -2.31. The lowest BCUT2D eigenvalue weighted by atomic mass is 10.2. The number of aliphatic imine (C=N–C) groups is 3. The van der Waals surface area contributed by atoms with Crippen LogP contribution in [0.5, 0.6) is 0 Å². The zero-order valence-electron chi connectivity index (χ0n) is 16.7. The van der Waals surface area contributed by atoms with Crippen molar-refractivity contribution in [2.24, 2.45) is 20.7 Å². The van der Waals surface area contributed by atoms with E-state index in [4.69, 9.17) is 5.73 Å². The average molecular weight is 348 g/mol. The van der Waals surface area contributed by atoms with Crippen molar-refractivity contribution in [2.45, 2.75) is 65.8 Å². The maximum Gasteiger partial charge on any atom is 0.201 e. The van der Waals surface area contributed by atoms with Crippen molar-refractivity contribution in [3.8, 4) is 11.5 Å². The van der Waals surface area contributed by atoms with Crippen LogP contribution < -0.4 is 5.73 Å². The summed E-state index contributed by atoms with van der Waals surface area (Å²) >= 11 is 0. The van der Waals surface area contributed by atoms with Gasteiger partial charge in [-0.05, 0) is 31.7 Å². The van der Waals surface area contributed by atoms with Crippen LogP contribution in [0.25, 0.3) is 0 Å². The van der Waals surface area contributed by atoms with E-state index in [-0.39, 0.29) is 17.0 Å². The molecule has 0 aliphatic rings. The van der Waals surface area contributed by atoms with E-state index in [1.807, 2.05) is 32.7 Å². The number of nitrogens with zero attached hydrogens (tertiary/aromatic N) is 4. The smallest absolute Gasteiger partial charge is 0.201 e. The molecule has 0 radical (unpaired) electrons. The van der Waals surface area contributed by atoms with E-state index in [1.165, 1.54) is 0 Å². The lowest BCUT2D eigenvalue weighted by Crippen LogP contribution is -2.35. The number of hydrogen-bond acceptors (Lipinski definition) is 3. The molecule has 0 aliphatic heterocycles. The third-order valence-corrected chi connectivity index (χ3v) is 8.50. The first-order chi connectivity index (χ1) is 10.8. The molecule has 0 rings (SSSR count). The van der Waals surface area contributed by atoms with Gasteiger partial charge >= 0.3 is 0 Å². The van der Waals surface area contributed by atoms with Crippen LogP contribution in [0.3, 0.4) is 0 Å². The zero-order valence-corrected chi connectivity index (χ0v) is 17.7. The van der Waals surface area contributed by atoms with Crippen molar-refractivity contribution in [1.29, 1.82) is 0 Å². The molecule has 0 spiro atoms. The molecule has 1 unspecified atom stereocenters. The zero-order chi connectivity index (χ0) is 19.1. The van der Waals surface area contributed by atoms with Crippen LogP contribution in [0.1, 0.15) is 41.5 Å². The van der Waals surface area contributed by atoms with Crippen LogP contribution >= 0.6 is 0 Å². The quantitative estimate of drug-likeness (QED) is 0.365. The fraction of sp³-hybridized carbons (Fsp3) is 0.611. The van der Waals surface area contributed by atoms with Crippen molar-refractivity contribution in [3.05, 3.63) is 12.4 Å². The molecule has 0 saturated carbocycles. The predicted octanol–water partition coefficient (Wildman–Crippen LogP) is 3.65. The fourth-order valence-corrected chi connectivity index (χ4v) is 2.03. The minimum Gasteiger partial charge on any atom is -0.384 e. The molecule has 0 amide bonds. The maximum absolute atomic E-state index is 5.45. The molecule has 0 aromatic carbocycles. The van der Waals surface area contributed by atoms with Gasteiger partial charge in [0.1, 0.15) is 20.1 Å². The van der Waals surface area contributed by atoms with E-state index in [0.29, 0.717) is 5.84 Å². The average Bonchev–Trinajstić information content (AvgIpc) is 2.40. The van der Waals surface area contributed by atoms with Gasteiger partial charge in [-0.2, -0.15) is 0 Å². The van der Waals surface area contributed by atoms with Gasteiger partial charge in [-0.3, -0.25) is 0 Å². The van der Waals surface area contributed by atoms with Crippen molar-refractivity contribution in [3.63, 3.8) is 0 Å². The number of rotatable bonds is 4. The summed E-state index contributed by atoms with van der Waals surface area (Å²) in [4.78, 5) is 14.9. The Hall–Kier alpha value is -1.87. The molecule has 0 aromatic heterocycles. The molecule has 0 heterocycles. The number of amidine groups is 1. The van der Waals surface area contributed by atoms with Crippen LogP contribution in [0.4, 0.5) is 0 Å². The van der Waals surface area contributed by atoms with E-state index >= 15 is 0 Å². The normalized spacial score (nSPS) is 14.0. The molecule has 2 N–H and O–H groups in total. The molecule has 5 nitrogen and oxygen atoms in total. The second kappa shape index (κ2) is 8.83. The van der Waals surface area contributed by atoms with Gasteiger partial charge in [-0.1, -0.05) is 40.4 Å². The highest BCUT2D eigenvalue weighted by Gasteiger charge is 2.33. The summed E-state index contributed by atoms with van der Waals surface area (Å²) in [5.41, 5.74) is 9.84. The summed E-state index contributed by atoms with van der Waals surface area (Å²) in [5.74, 6) is 4.03. The van der Waals surface area contributed by atoms with Crippen LogP contribution in [-0.2, 0) is 0 Å². The van der Waals surface area contributed by atoms with Gasteiger partial charge in [0.05, 0.1) is 6.34 Å². The molecular weight excluding hydrogens is 314 g/mol. The SMILES string of the molecule is C=C(N)/N=C\N(C)C(C)/N=C(/C#C[Si](C)(C)C(C)(C)C)N=C(C)C. The number of hydrogen-bond donors (Lipinski definition) is 1. The van der Waals surface area contributed by atoms with Gasteiger partial charge in [0.2, 0.25) is 5.84 Å². The molecule has 134 valence electrons. The highest BCUT2D eigenvalue weighted by Crippen LogP contribution is 2.35. The van der Waals surface area contributed by atoms with Gasteiger partial charge in [-0.25, -0.2) is 15.0 Å². The molecule has 24 heavy (non-hydrogen) atoms. The van der Waals surface area contributed by atoms with Crippen molar-refractivity contribution < 1.29 is 0 Å². The van der Waals surface area contributed by atoms with E-state index in [9.17, 15) is 0 Å². The van der Waals surface area contributed by atoms with Crippen LogP contribution in [0.2, 0.25) is 18.1 Å². The molecule has 0 aromatic rings. The summed E-state index contributed by atoms with van der Waals surface area (Å²) in [7, 11) is 0.171. The first-order valence-corrected chi connectivity index (χ1v) is 11.1. The van der Waals surface area contributed by atoms with Gasteiger partial charge in [0.25, 0.3) is 0 Å². The first-order valence-electron chi connectivity index (χ1n) is 8.09. The van der Waals surface area contributed by atoms with E-state index in [0.717, 1.165) is 5.71 Å². The Kier molecular flexibility index (Phi) is 8.14. The van der Waals surface area contributed by atoms with Crippen LogP contribution in [0, 0.1) is 11.5 Å². The Morgan fingerprint density at radius 1 is 1.29 bits per heavy atom. The summed E-state index contributed by atoms with van der Waals surface area (Å²) < 4.78 is 0. The topological polar surface area (TPSA) is 66.3 Å². The minimum atomic E-state index is -1.71. The van der Waals surface area contributed by atoms with E-state index in [2.05, 4.69) is 66.9 Å². The third kappa shape index (κ3) is 8.11. The second-order valence-corrected chi connectivity index (χ2v) is 12.7. The van der Waals surface area contributed by atoms with Gasteiger partial charge in [-0.15, -0.1) is 5.54 Å². The monoisotopic (exact) mass is 347 g/mol. The lowest BCUT2D eigenvalue weighted by molar-refractivity contribution is 0.414. The first kappa shape index (κ1) is 22.1. The van der Waals surface area contributed by atoms with Crippen molar-refractivity contribution in [2.75, 3.05) is 7.05 Å². The molecule has 0 aliphatic carbocycles. The van der Waals surface area contributed by atoms with Gasteiger partial charge in [0.15, 0.2) is 0 Å². The van der Waals surface area contributed by atoms with Crippen molar-refractivity contribution >= 4 is 26.0 Å². The standard InChI is InChI=1S/C18H33N5Si/c1-14(2)21-17(11-12-24(9,10)18(5,6)7)22-16(4)23(8)13-20-15(3)19/h13,16H,3,19H2,1-2,4-10H3/b20-13-,22-17-. The second-order valence-electron chi connectivity index (χ2n) is 7.67. The molecule has 0 saturated heterocycles. The highest BCUT2D eigenvalue weighted by molar-refractivity contribution is 6.87. The summed E-state index contributed by atoms with van der Waals surface area (Å²) in [6.07, 6.45) is 1.46. The van der Waals surface area contributed by atoms with Crippen molar-refractivity contribution in [1.82, 2.24) is 4.90 Å². The van der Waals surface area contributed by atoms with Gasteiger partial charge < -0.3 is 10.6 Å². The Balaban J connectivity index is 5.59. The van der Waals surface area contributed by atoms with E-state index < -0.39 is 8.07 Å². The summed E-state index contributed by atoms with van der Waals surface area (Å²) in [5, 5.41) is 0.201. The molecule has 0 bridgehead atoms. The Labute approximate surface area is 148 Å². The summed E-state index contributed by atoms with van der Waals surface area (Å²) in [6, 6.07) is 0. The van der Waals surface area contributed by atoms with E-state index in [1.54, 1.807) is 6.34 Å². The Morgan fingerprint density at radius 3 is 2.25 bits per heavy atom. The summed E-state index contributed by atoms with van der Waals surface area (Å²) in [6.45, 7) is 20.7. The largest absolute Gasteiger partial charge is 0.384 e. The minimum absolute atomic E-state index is 0.153. The molecular formula is C18H33N5Si. The maximum atomic E-state index is 5.45. The molecule has 1 atom stereocenters. The van der Waals surface area contributed by atoms with Crippen LogP contribution in [-0.4, -0.2) is 44.1 Å². The van der Waals surface area contributed by atoms with Gasteiger partial charge in [0, 0.05) is 12.8 Å². The molecule has 6 heteroatoms.